The van der Waals surface area contributed by atoms with Crippen LogP contribution in [-0.2, 0) is 26.4 Å². The summed E-state index contributed by atoms with van der Waals surface area (Å²) in [6.45, 7) is 16.4. The van der Waals surface area contributed by atoms with Crippen molar-refractivity contribution in [1.82, 2.24) is 4.98 Å². The molecule has 1 aliphatic carbocycles. The number of nitrogens with zero attached hydrogens (tertiary/aromatic N) is 1. The maximum Gasteiger partial charge on any atom is 0.296 e. The van der Waals surface area contributed by atoms with Crippen molar-refractivity contribution in [3.63, 3.8) is 0 Å². The van der Waals surface area contributed by atoms with Gasteiger partial charge in [-0.25, -0.2) is 0 Å². The van der Waals surface area contributed by atoms with Crippen LogP contribution in [-0.4, -0.2) is 41.1 Å². The molecule has 14 aromatic carbocycles. The van der Waals surface area contributed by atoms with Gasteiger partial charge in [-0.1, -0.05) is 239 Å². The van der Waals surface area contributed by atoms with E-state index in [1.807, 2.05) is 153 Å². The van der Waals surface area contributed by atoms with Gasteiger partial charge in [0.2, 0.25) is 0 Å². The quantitative estimate of drug-likeness (QED) is 0.0475. The SMILES string of the molecule is CC(=O)c1ccc(Oc2ccc(C3(c4ccc(Oc5ccc(C(=O)c6ccc(C)cc6)cc5)cc4)c4ccccc4-c4ccccc43)cc2)cc1.Cc1ccc(Oc2ccc(C(C)(C)c3cccc(C(C)(C)c4ccc(Oc5ccc(C(=O)c6ccc(-c7ccc(C)cc7C(=O)c7cncc(S(=O)(=O)O)c7)cc6)cc5)cc4)c3)cc2)cc1. The van der Waals surface area contributed by atoms with Crippen LogP contribution < -0.4 is 18.9 Å². The molecule has 0 spiro atoms. The van der Waals surface area contributed by atoms with Gasteiger partial charge in [-0.3, -0.25) is 28.7 Å². The fourth-order valence-corrected chi connectivity index (χ4v) is 15.6. The van der Waals surface area contributed by atoms with Crippen molar-refractivity contribution in [3.05, 3.63) is 452 Å². The zero-order valence-corrected chi connectivity index (χ0v) is 66.7. The number of hydrogen-bond acceptors (Lipinski definition) is 11. The lowest BCUT2D eigenvalue weighted by atomic mass is 9.68. The van der Waals surface area contributed by atoms with Gasteiger partial charge in [0.25, 0.3) is 10.1 Å². The van der Waals surface area contributed by atoms with Gasteiger partial charge in [0.1, 0.15) is 50.9 Å². The molecule has 0 radical (unpaired) electrons. The second-order valence-electron chi connectivity index (χ2n) is 30.5. The van der Waals surface area contributed by atoms with Crippen LogP contribution >= 0.6 is 0 Å². The standard InChI is InChI=1S/C57H49NO7S.C47H34O4/c1-37-10-23-47(24-11-37)64-49-27-19-43(20-28-49)56(3,4)45-8-7-9-46(34-45)57(5,6)44-21-29-50(30-22-44)65-48-25-17-41(18-26-48)54(59)40-15-13-39(14-16-40)52-31-12-38(2)32-53(52)55(60)42-33-51(36-58-35-42)66(61,62)63;1-31-11-13-34(14-12-31)46(49)35-17-25-39(26-18-35)51-41-29-21-37(22-30-41)47(44-9-5-3-7-42(44)43-8-4-6-10-45(43)47)36-19-27-40(28-20-36)50-38-23-15-33(16-24-38)32(2)48/h7-36H,1-6H3,(H,61,62,63);3-30H,1-2H3. The zero-order chi connectivity index (χ0) is 81.8. The molecule has 0 bridgehead atoms. The van der Waals surface area contributed by atoms with E-state index in [4.69, 9.17) is 18.9 Å². The molecule has 0 aliphatic heterocycles. The molecule has 0 atom stereocenters. The molecule has 1 heterocycles. The topological polar surface area (TPSA) is 172 Å². The van der Waals surface area contributed by atoms with Crippen LogP contribution in [0.15, 0.2) is 357 Å². The van der Waals surface area contributed by atoms with E-state index >= 15 is 0 Å². The average molecular weight is 1550 g/mol. The molecule has 0 saturated heterocycles. The van der Waals surface area contributed by atoms with E-state index in [1.54, 1.807) is 79.7 Å². The smallest absolute Gasteiger partial charge is 0.296 e. The van der Waals surface area contributed by atoms with Crippen molar-refractivity contribution in [2.75, 3.05) is 0 Å². The molecule has 576 valence electrons. The third kappa shape index (κ3) is 16.7. The first-order valence-corrected chi connectivity index (χ1v) is 40.0. The fraction of sp³-hybridized carbons (Fsp3) is 0.106. The van der Waals surface area contributed by atoms with E-state index in [1.165, 1.54) is 50.7 Å². The van der Waals surface area contributed by atoms with Crippen LogP contribution in [0.25, 0.3) is 22.3 Å². The van der Waals surface area contributed by atoms with Crippen LogP contribution in [0.4, 0.5) is 0 Å². The Morgan fingerprint density at radius 2 is 0.667 bits per heavy atom. The molecule has 1 N–H and O–H groups in total. The van der Waals surface area contributed by atoms with Crippen LogP contribution in [0.1, 0.15) is 154 Å². The maximum atomic E-state index is 13.6. The van der Waals surface area contributed by atoms with Crippen molar-refractivity contribution < 1.29 is 51.1 Å². The van der Waals surface area contributed by atoms with Crippen molar-refractivity contribution in [2.45, 2.75) is 76.5 Å². The first kappa shape index (κ1) is 78.3. The van der Waals surface area contributed by atoms with Gasteiger partial charge in [0.05, 0.1) is 5.41 Å². The van der Waals surface area contributed by atoms with E-state index in [2.05, 4.69) is 161 Å². The third-order valence-electron chi connectivity index (χ3n) is 21.9. The van der Waals surface area contributed by atoms with Gasteiger partial charge >= 0.3 is 0 Å². The van der Waals surface area contributed by atoms with Crippen LogP contribution in [0.2, 0.25) is 0 Å². The van der Waals surface area contributed by atoms with Crippen LogP contribution in [0.3, 0.4) is 0 Å². The van der Waals surface area contributed by atoms with Gasteiger partial charge in [-0.05, 0) is 240 Å². The summed E-state index contributed by atoms with van der Waals surface area (Å²) in [5, 5.41) is 0. The lowest BCUT2D eigenvalue weighted by molar-refractivity contribution is 0.101. The molecule has 117 heavy (non-hydrogen) atoms. The Balaban J connectivity index is 0.000000189. The number of fused-ring (bicyclic) bond motifs is 3. The molecule has 16 rings (SSSR count). The first-order chi connectivity index (χ1) is 56.3. The van der Waals surface area contributed by atoms with Crippen LogP contribution in [0, 0.1) is 20.8 Å². The Hall–Kier alpha value is -14.0. The molecular formula is C104H83NO11S. The Labute approximate surface area is 682 Å². The Bertz CT molecular complexity index is 6270. The van der Waals surface area contributed by atoms with Gasteiger partial charge in [0.15, 0.2) is 23.1 Å². The molecule has 0 amide bonds. The summed E-state index contributed by atoms with van der Waals surface area (Å²) in [6.07, 6.45) is 2.24. The fourth-order valence-electron chi connectivity index (χ4n) is 15.1. The van der Waals surface area contributed by atoms with Crippen molar-refractivity contribution in [2.24, 2.45) is 0 Å². The largest absolute Gasteiger partial charge is 0.457 e. The maximum absolute atomic E-state index is 13.6. The molecule has 13 heteroatoms. The highest BCUT2D eigenvalue weighted by molar-refractivity contribution is 7.85. The highest BCUT2D eigenvalue weighted by Gasteiger charge is 2.46. The summed E-state index contributed by atoms with van der Waals surface area (Å²) >= 11 is 0. The molecule has 1 aromatic heterocycles. The van der Waals surface area contributed by atoms with Crippen molar-refractivity contribution in [3.8, 4) is 68.2 Å². The van der Waals surface area contributed by atoms with Crippen molar-refractivity contribution >= 4 is 33.3 Å². The summed E-state index contributed by atoms with van der Waals surface area (Å²) in [6, 6.07) is 110. The number of hydrogen-bond donors (Lipinski definition) is 1. The minimum absolute atomic E-state index is 0.0129. The average Bonchev–Trinajstić information content (AvgIpc) is 1.54. The second kappa shape index (κ2) is 32.9. The lowest BCUT2D eigenvalue weighted by Crippen LogP contribution is -2.28. The first-order valence-electron chi connectivity index (χ1n) is 38.5. The number of benzene rings is 14. The normalized spacial score (nSPS) is 12.1. The molecule has 15 aromatic rings. The van der Waals surface area contributed by atoms with Gasteiger partial charge < -0.3 is 18.9 Å². The number of rotatable bonds is 23. The lowest BCUT2D eigenvalue weighted by Gasteiger charge is -2.34. The number of carbonyl (C=O) groups excluding carboxylic acids is 4. The molecule has 0 fully saturated rings. The number of Topliss-reactive ketones (excluding diaryl/α,β-unsaturated/α-hetero) is 1. The molecule has 12 nitrogen and oxygen atoms in total. The molecular weight excluding hydrogens is 1470 g/mol. The molecule has 0 saturated carbocycles. The summed E-state index contributed by atoms with van der Waals surface area (Å²) in [5.41, 5.74) is 18.3. The minimum atomic E-state index is -4.55. The van der Waals surface area contributed by atoms with Crippen LogP contribution in [0.5, 0.6) is 46.0 Å². The predicted octanol–water partition coefficient (Wildman–Crippen LogP) is 24.7. The van der Waals surface area contributed by atoms with Gasteiger partial charge in [-0.15, -0.1) is 0 Å². The summed E-state index contributed by atoms with van der Waals surface area (Å²) in [7, 11) is -4.55. The Morgan fingerprint density at radius 3 is 1.07 bits per heavy atom. The second-order valence-corrected chi connectivity index (χ2v) is 31.9. The number of ketones is 4. The van der Waals surface area contributed by atoms with E-state index < -0.39 is 26.2 Å². The summed E-state index contributed by atoms with van der Waals surface area (Å²) < 4.78 is 57.7. The van der Waals surface area contributed by atoms with Gasteiger partial charge in [0, 0.05) is 62.2 Å². The monoisotopic (exact) mass is 1550 g/mol. The summed E-state index contributed by atoms with van der Waals surface area (Å²) in [5.74, 6) is 4.97. The van der Waals surface area contributed by atoms with Gasteiger partial charge in [-0.2, -0.15) is 8.42 Å². The van der Waals surface area contributed by atoms with E-state index in [-0.39, 0.29) is 33.7 Å². The number of ether oxygens (including phenoxy) is 4. The van der Waals surface area contributed by atoms with E-state index in [9.17, 15) is 32.1 Å². The van der Waals surface area contributed by atoms with E-state index in [0.29, 0.717) is 79.0 Å². The van der Waals surface area contributed by atoms with E-state index in [0.717, 1.165) is 51.6 Å². The number of pyridine rings is 1. The number of aryl methyl sites for hydroxylation is 3. The Morgan fingerprint density at radius 1 is 0.325 bits per heavy atom. The highest BCUT2D eigenvalue weighted by atomic mass is 32.2. The minimum Gasteiger partial charge on any atom is -0.457 e. The molecule has 0 unspecified atom stereocenters. The third-order valence-corrected chi connectivity index (χ3v) is 22.7. The molecule has 1 aliphatic rings. The zero-order valence-electron chi connectivity index (χ0n) is 65.9. The van der Waals surface area contributed by atoms with Crippen molar-refractivity contribution in [1.29, 1.82) is 0 Å². The Kier molecular flexibility index (Phi) is 22.0. The summed E-state index contributed by atoms with van der Waals surface area (Å²) in [4.78, 5) is 55.3. The number of aromatic nitrogens is 1. The highest BCUT2D eigenvalue weighted by Crippen LogP contribution is 2.56. The predicted molar refractivity (Wildman–Crippen MR) is 460 cm³/mol. The number of carbonyl (C=O) groups is 4.